The molecular weight excluding hydrogens is 377 g/mol. The largest absolute Gasteiger partial charge is 0.461 e. The molecule has 0 amide bonds. The van der Waals surface area contributed by atoms with Crippen LogP contribution in [0.3, 0.4) is 0 Å². The van der Waals surface area contributed by atoms with Gasteiger partial charge in [-0.2, -0.15) is 0 Å². The smallest absolute Gasteiger partial charge is 0.305 e. The Labute approximate surface area is 149 Å². The lowest BCUT2D eigenvalue weighted by Crippen LogP contribution is -2.37. The van der Waals surface area contributed by atoms with Gasteiger partial charge in [-0.25, -0.2) is 11.7 Å². The van der Waals surface area contributed by atoms with Gasteiger partial charge in [-0.15, -0.1) is 0 Å². The summed E-state index contributed by atoms with van der Waals surface area (Å²) in [6.45, 7) is 0.229. The third-order valence-electron chi connectivity index (χ3n) is 1.76. The molecule has 0 rings (SSSR count). The van der Waals surface area contributed by atoms with E-state index in [1.165, 1.54) is 0 Å². The highest BCUT2D eigenvalue weighted by Gasteiger charge is 2.21. The zero-order valence-corrected chi connectivity index (χ0v) is 14.7. The second kappa shape index (κ2) is 13.9. The molecular formula is C9H20Cl3N7O2S. The maximum atomic E-state index is 11.2. The minimum absolute atomic E-state index is 0.116. The van der Waals surface area contributed by atoms with Crippen molar-refractivity contribution >= 4 is 64.1 Å². The maximum Gasteiger partial charge on any atom is 0.305 e. The molecule has 0 atom stereocenters. The van der Waals surface area contributed by atoms with Crippen molar-refractivity contribution < 1.29 is 9.53 Å². The fourth-order valence-electron chi connectivity index (χ4n) is 0.861. The highest BCUT2D eigenvalue weighted by molar-refractivity contribution is 7.80. The highest BCUT2D eigenvalue weighted by Crippen LogP contribution is 2.26. The third kappa shape index (κ3) is 21.5. The molecule has 0 saturated carbocycles. The van der Waals surface area contributed by atoms with Crippen molar-refractivity contribution in [3.63, 3.8) is 0 Å². The number of thiocarbonyl (C=S) groups is 1. The molecule has 0 heterocycles. The summed E-state index contributed by atoms with van der Waals surface area (Å²) in [5.41, 5.74) is 14.3. The van der Waals surface area contributed by atoms with Gasteiger partial charge in [0.05, 0.1) is 0 Å². The summed E-state index contributed by atoms with van der Waals surface area (Å²) in [5, 5.41) is 0.116. The van der Waals surface area contributed by atoms with Crippen LogP contribution in [0.1, 0.15) is 19.3 Å². The van der Waals surface area contributed by atoms with Crippen LogP contribution in [0.2, 0.25) is 0 Å². The summed E-state index contributed by atoms with van der Waals surface area (Å²) in [4.78, 5) is 15.0. The number of halogens is 3. The Morgan fingerprint density at radius 2 is 1.73 bits per heavy atom. The molecule has 0 radical (unpaired) electrons. The van der Waals surface area contributed by atoms with Gasteiger partial charge in [-0.05, 0) is 25.1 Å². The van der Waals surface area contributed by atoms with E-state index in [4.69, 9.17) is 56.8 Å². The van der Waals surface area contributed by atoms with E-state index in [0.29, 0.717) is 19.4 Å². The fourth-order valence-corrected chi connectivity index (χ4v) is 1.02. The quantitative estimate of drug-likeness (QED) is 0.0508. The zero-order valence-electron chi connectivity index (χ0n) is 11.7. The Kier molecular flexibility index (Phi) is 14.8. The second-order valence-corrected chi connectivity index (χ2v) is 6.61. The van der Waals surface area contributed by atoms with Crippen molar-refractivity contribution in [3.8, 4) is 0 Å². The summed E-state index contributed by atoms with van der Waals surface area (Å²) in [6.07, 6.45) is 1.54. The van der Waals surface area contributed by atoms with Crippen molar-refractivity contribution in [2.45, 2.75) is 23.1 Å². The molecule has 0 saturated heterocycles. The first kappa shape index (κ1) is 23.5. The summed E-state index contributed by atoms with van der Waals surface area (Å²) in [7, 11) is 0. The molecule has 0 aromatic heterocycles. The predicted molar refractivity (Wildman–Crippen MR) is 93.0 cm³/mol. The van der Waals surface area contributed by atoms with Crippen molar-refractivity contribution in [1.29, 1.82) is 0 Å². The number of nitrogens with zero attached hydrogens (tertiary/aromatic N) is 1. The van der Waals surface area contributed by atoms with Crippen LogP contribution in [-0.2, 0) is 9.53 Å². The van der Waals surface area contributed by atoms with Crippen LogP contribution in [0.15, 0.2) is 4.99 Å². The van der Waals surface area contributed by atoms with E-state index in [0.717, 1.165) is 0 Å². The SMILES string of the molecule is NNC(N)=NCCCCC(=O)OCC(Cl)(Cl)Cl.NNC(N)=S. The lowest BCUT2D eigenvalue weighted by molar-refractivity contribution is -0.143. The summed E-state index contributed by atoms with van der Waals surface area (Å²) in [6, 6.07) is 0. The predicted octanol–water partition coefficient (Wildman–Crippen LogP) is -0.459. The molecule has 0 aliphatic rings. The monoisotopic (exact) mass is 395 g/mol. The number of esters is 1. The van der Waals surface area contributed by atoms with E-state index >= 15 is 0 Å². The third-order valence-corrected chi connectivity index (χ3v) is 2.20. The number of carbonyl (C=O) groups is 1. The number of hydrazine groups is 2. The summed E-state index contributed by atoms with van der Waals surface area (Å²) < 4.78 is 3.16. The molecule has 22 heavy (non-hydrogen) atoms. The van der Waals surface area contributed by atoms with Gasteiger partial charge in [-0.1, -0.05) is 34.8 Å². The number of carbonyl (C=O) groups excluding carboxylic acids is 1. The lowest BCUT2D eigenvalue weighted by Gasteiger charge is -2.10. The highest BCUT2D eigenvalue weighted by atomic mass is 35.6. The number of alkyl halides is 3. The molecule has 0 bridgehead atoms. The first-order valence-corrected chi connectivity index (χ1v) is 7.41. The van der Waals surface area contributed by atoms with Gasteiger partial charge < -0.3 is 21.6 Å². The first-order valence-electron chi connectivity index (χ1n) is 5.87. The number of ether oxygens (including phenoxy) is 1. The van der Waals surface area contributed by atoms with E-state index in [1.807, 2.05) is 5.43 Å². The molecule has 130 valence electrons. The van der Waals surface area contributed by atoms with Gasteiger partial charge in [0, 0.05) is 13.0 Å². The Bertz CT molecular complexity index is 366. The topological polar surface area (TPSA) is 167 Å². The maximum absolute atomic E-state index is 11.2. The number of nitrogens with one attached hydrogen (secondary N) is 2. The first-order chi connectivity index (χ1) is 10.1. The van der Waals surface area contributed by atoms with Crippen molar-refractivity contribution in [2.24, 2.45) is 28.1 Å². The van der Waals surface area contributed by atoms with Gasteiger partial charge in [0.2, 0.25) is 9.75 Å². The van der Waals surface area contributed by atoms with Gasteiger partial charge in [0.15, 0.2) is 5.11 Å². The molecule has 0 aliphatic carbocycles. The molecule has 0 aliphatic heterocycles. The number of aliphatic imine (C=N–C) groups is 1. The zero-order chi connectivity index (χ0) is 17.6. The molecule has 0 aromatic rings. The van der Waals surface area contributed by atoms with Crippen molar-refractivity contribution in [3.05, 3.63) is 0 Å². The molecule has 0 unspecified atom stereocenters. The van der Waals surface area contributed by atoms with Gasteiger partial charge in [0.1, 0.15) is 6.61 Å². The van der Waals surface area contributed by atoms with Gasteiger partial charge in [-0.3, -0.25) is 15.2 Å². The van der Waals surface area contributed by atoms with E-state index in [9.17, 15) is 4.79 Å². The summed E-state index contributed by atoms with van der Waals surface area (Å²) in [5.74, 6) is 9.40. The van der Waals surface area contributed by atoms with Crippen LogP contribution in [0.4, 0.5) is 0 Å². The normalized spacial score (nSPS) is 11.0. The Hall–Kier alpha value is -0.780. The lowest BCUT2D eigenvalue weighted by atomic mass is 10.2. The number of guanidine groups is 1. The van der Waals surface area contributed by atoms with Crippen LogP contribution in [-0.4, -0.2) is 34.0 Å². The number of nitrogens with two attached hydrogens (primary N) is 4. The average molecular weight is 397 g/mol. The van der Waals surface area contributed by atoms with Crippen LogP contribution in [0.5, 0.6) is 0 Å². The number of rotatable bonds is 6. The van der Waals surface area contributed by atoms with Crippen LogP contribution in [0, 0.1) is 0 Å². The molecule has 0 spiro atoms. The van der Waals surface area contributed by atoms with Gasteiger partial charge in [0.25, 0.3) is 0 Å². The Balaban J connectivity index is 0. The second-order valence-electron chi connectivity index (χ2n) is 3.65. The van der Waals surface area contributed by atoms with Crippen molar-refractivity contribution in [1.82, 2.24) is 10.9 Å². The minimum atomic E-state index is -1.57. The average Bonchev–Trinajstić information content (AvgIpc) is 2.44. The molecule has 0 fully saturated rings. The minimum Gasteiger partial charge on any atom is -0.461 e. The Morgan fingerprint density at radius 1 is 1.18 bits per heavy atom. The molecule has 9 nitrogen and oxygen atoms in total. The summed E-state index contributed by atoms with van der Waals surface area (Å²) >= 11 is 20.5. The van der Waals surface area contributed by atoms with E-state index < -0.39 is 9.76 Å². The van der Waals surface area contributed by atoms with E-state index in [2.05, 4.69) is 28.5 Å². The van der Waals surface area contributed by atoms with Crippen molar-refractivity contribution in [2.75, 3.05) is 13.2 Å². The van der Waals surface area contributed by atoms with Crippen LogP contribution in [0.25, 0.3) is 0 Å². The van der Waals surface area contributed by atoms with E-state index in [1.54, 1.807) is 0 Å². The molecule has 0 aromatic carbocycles. The number of hydrogen-bond donors (Lipinski definition) is 6. The standard InChI is InChI=1S/C8H15Cl3N4O2.CH5N3S/c9-8(10,11)5-17-6(16)3-1-2-4-14-7(12)15-13;2-1(5)4-3/h1-5,13H2,(H3,12,14,15);3H2,(H3,2,4,5). The van der Waals surface area contributed by atoms with Crippen LogP contribution >= 0.6 is 47.0 Å². The van der Waals surface area contributed by atoms with Crippen LogP contribution < -0.4 is 34.0 Å². The van der Waals surface area contributed by atoms with Gasteiger partial charge >= 0.3 is 5.97 Å². The molecule has 13 heteroatoms. The number of unbranched alkanes of at least 4 members (excludes halogenated alkanes) is 1. The fraction of sp³-hybridized carbons (Fsp3) is 0.667. The molecule has 10 N–H and O–H groups in total. The Morgan fingerprint density at radius 3 is 2.14 bits per heavy atom. The number of hydrogen-bond acceptors (Lipinski definition) is 6. The van der Waals surface area contributed by atoms with E-state index in [-0.39, 0.29) is 24.1 Å².